The zero-order valence-electron chi connectivity index (χ0n) is 10.4. The first-order valence-electron chi connectivity index (χ1n) is 5.74. The molecule has 0 fully saturated rings. The molecule has 1 aromatic heterocycles. The van der Waals surface area contributed by atoms with E-state index in [1.807, 2.05) is 6.07 Å². The molecule has 1 amide bonds. The second-order valence-electron chi connectivity index (χ2n) is 4.44. The number of fused-ring (bicyclic) bond motifs is 3. The lowest BCUT2D eigenvalue weighted by Crippen LogP contribution is -2.25. The van der Waals surface area contributed by atoms with E-state index < -0.39 is 11.7 Å². The van der Waals surface area contributed by atoms with Crippen LogP contribution >= 0.6 is 11.6 Å². The van der Waals surface area contributed by atoms with Crippen molar-refractivity contribution in [1.82, 2.24) is 14.5 Å². The highest BCUT2D eigenvalue weighted by molar-refractivity contribution is 6.34. The van der Waals surface area contributed by atoms with Crippen molar-refractivity contribution in [3.05, 3.63) is 46.3 Å². The van der Waals surface area contributed by atoms with Crippen molar-refractivity contribution in [3.8, 4) is 11.8 Å². The third-order valence-corrected chi connectivity index (χ3v) is 3.62. The van der Waals surface area contributed by atoms with Gasteiger partial charge in [-0.2, -0.15) is 5.26 Å². The molecule has 1 aliphatic rings. The molecule has 0 N–H and O–H groups in total. The second-order valence-corrected chi connectivity index (χ2v) is 4.82. The Morgan fingerprint density at radius 1 is 1.50 bits per heavy atom. The lowest BCUT2D eigenvalue weighted by molar-refractivity contribution is 0.0787. The number of aromatic nitrogens is 2. The highest BCUT2D eigenvalue weighted by Gasteiger charge is 2.29. The predicted molar refractivity (Wildman–Crippen MR) is 69.0 cm³/mol. The molecule has 0 bridgehead atoms. The molecule has 0 spiro atoms. The van der Waals surface area contributed by atoms with Crippen molar-refractivity contribution >= 4 is 17.5 Å². The van der Waals surface area contributed by atoms with Crippen LogP contribution in [-0.4, -0.2) is 27.4 Å². The minimum atomic E-state index is -0.656. The van der Waals surface area contributed by atoms with Crippen LogP contribution in [0.3, 0.4) is 0 Å². The van der Waals surface area contributed by atoms with Gasteiger partial charge in [0.25, 0.3) is 5.91 Å². The average molecular weight is 291 g/mol. The molecule has 100 valence electrons. The third kappa shape index (κ3) is 1.60. The number of benzene rings is 1. The first-order chi connectivity index (χ1) is 9.54. The first kappa shape index (κ1) is 12.6. The van der Waals surface area contributed by atoms with Gasteiger partial charge in [0.1, 0.15) is 18.2 Å². The molecule has 1 aromatic carbocycles. The Morgan fingerprint density at radius 3 is 2.95 bits per heavy atom. The van der Waals surface area contributed by atoms with Gasteiger partial charge in [-0.05, 0) is 12.1 Å². The summed E-state index contributed by atoms with van der Waals surface area (Å²) in [5.41, 5.74) is 1.31. The number of nitrogens with zero attached hydrogens (tertiary/aromatic N) is 4. The molecule has 1 aliphatic heterocycles. The van der Waals surface area contributed by atoms with Gasteiger partial charge in [-0.1, -0.05) is 11.6 Å². The van der Waals surface area contributed by atoms with Crippen LogP contribution in [-0.2, 0) is 6.54 Å². The van der Waals surface area contributed by atoms with Crippen molar-refractivity contribution < 1.29 is 9.18 Å². The summed E-state index contributed by atoms with van der Waals surface area (Å²) in [6.07, 6.45) is 1.44. The molecule has 3 rings (SSSR count). The van der Waals surface area contributed by atoms with Crippen molar-refractivity contribution in [2.75, 3.05) is 7.05 Å². The molecule has 20 heavy (non-hydrogen) atoms. The van der Waals surface area contributed by atoms with Gasteiger partial charge in [0.2, 0.25) is 0 Å². The number of nitriles is 1. The maximum absolute atomic E-state index is 13.6. The lowest BCUT2D eigenvalue weighted by atomic mass is 10.1. The smallest absolute Gasteiger partial charge is 0.257 e. The van der Waals surface area contributed by atoms with Crippen LogP contribution < -0.4 is 0 Å². The molecule has 0 aliphatic carbocycles. The zero-order valence-corrected chi connectivity index (χ0v) is 11.1. The number of halogens is 2. The first-order valence-corrected chi connectivity index (χ1v) is 6.12. The molecule has 0 saturated heterocycles. The predicted octanol–water partition coefficient (Wildman–Crippen LogP) is 2.12. The van der Waals surface area contributed by atoms with Gasteiger partial charge in [0.15, 0.2) is 5.69 Å². The van der Waals surface area contributed by atoms with Crippen LogP contribution in [0.15, 0.2) is 18.5 Å². The minimum Gasteiger partial charge on any atom is -0.336 e. The van der Waals surface area contributed by atoms with Crippen molar-refractivity contribution in [1.29, 1.82) is 5.26 Å². The number of hydrogen-bond donors (Lipinski definition) is 0. The van der Waals surface area contributed by atoms with Gasteiger partial charge >= 0.3 is 0 Å². The van der Waals surface area contributed by atoms with E-state index in [0.717, 1.165) is 0 Å². The Morgan fingerprint density at radius 2 is 2.25 bits per heavy atom. The lowest BCUT2D eigenvalue weighted by Gasteiger charge is -2.14. The fourth-order valence-electron chi connectivity index (χ4n) is 2.26. The van der Waals surface area contributed by atoms with E-state index in [1.165, 1.54) is 23.4 Å². The quantitative estimate of drug-likeness (QED) is 0.746. The van der Waals surface area contributed by atoms with Crippen LogP contribution in [0.4, 0.5) is 4.39 Å². The molecule has 0 unspecified atom stereocenters. The normalized spacial score (nSPS) is 13.5. The highest BCUT2D eigenvalue weighted by Crippen LogP contribution is 2.31. The van der Waals surface area contributed by atoms with E-state index >= 15 is 0 Å². The standard InChI is InChI=1S/C13H8ClFN4O/c1-18-5-10-8(4-16)17-6-19(10)9-3-2-7(15)12(14)11(9)13(18)20/h2-3,6H,5H2,1H3. The highest BCUT2D eigenvalue weighted by atomic mass is 35.5. The fraction of sp³-hybridized carbons (Fsp3) is 0.154. The van der Waals surface area contributed by atoms with E-state index in [0.29, 0.717) is 11.4 Å². The molecular weight excluding hydrogens is 283 g/mol. The average Bonchev–Trinajstić information content (AvgIpc) is 2.79. The summed E-state index contributed by atoms with van der Waals surface area (Å²) in [6, 6.07) is 4.63. The van der Waals surface area contributed by atoms with Gasteiger partial charge in [-0.3, -0.25) is 9.36 Å². The Kier molecular flexibility index (Phi) is 2.73. The zero-order chi connectivity index (χ0) is 14.4. The number of carbonyl (C=O) groups excluding carboxylic acids is 1. The van der Waals surface area contributed by atoms with E-state index in [2.05, 4.69) is 4.98 Å². The molecule has 0 saturated carbocycles. The van der Waals surface area contributed by atoms with E-state index in [9.17, 15) is 9.18 Å². The molecule has 0 radical (unpaired) electrons. The van der Waals surface area contributed by atoms with E-state index in [-0.39, 0.29) is 22.8 Å². The summed E-state index contributed by atoms with van der Waals surface area (Å²) in [5, 5.41) is 8.84. The third-order valence-electron chi connectivity index (χ3n) is 3.25. The largest absolute Gasteiger partial charge is 0.336 e. The van der Waals surface area contributed by atoms with Gasteiger partial charge in [0, 0.05) is 7.05 Å². The minimum absolute atomic E-state index is 0.0785. The number of amides is 1. The Bertz CT molecular complexity index is 777. The monoisotopic (exact) mass is 290 g/mol. The van der Waals surface area contributed by atoms with E-state index in [1.54, 1.807) is 11.6 Å². The van der Waals surface area contributed by atoms with Gasteiger partial charge in [0.05, 0.1) is 28.5 Å². The summed E-state index contributed by atoms with van der Waals surface area (Å²) >= 11 is 5.93. The van der Waals surface area contributed by atoms with Gasteiger partial charge in [-0.15, -0.1) is 0 Å². The van der Waals surface area contributed by atoms with Crippen molar-refractivity contribution in [2.45, 2.75) is 6.54 Å². The van der Waals surface area contributed by atoms with Crippen LogP contribution in [0.1, 0.15) is 21.7 Å². The van der Waals surface area contributed by atoms with Gasteiger partial charge < -0.3 is 4.90 Å². The summed E-state index contributed by atoms with van der Waals surface area (Å²) in [4.78, 5) is 17.7. The topological polar surface area (TPSA) is 61.9 Å². The second kappa shape index (κ2) is 4.32. The SMILES string of the molecule is CN1Cc2c(C#N)ncn2-c2ccc(F)c(Cl)c2C1=O. The van der Waals surface area contributed by atoms with Crippen LogP contribution in [0.5, 0.6) is 0 Å². The van der Waals surface area contributed by atoms with Gasteiger partial charge in [-0.25, -0.2) is 9.37 Å². The van der Waals surface area contributed by atoms with Crippen molar-refractivity contribution in [3.63, 3.8) is 0 Å². The Hall–Kier alpha value is -2.39. The van der Waals surface area contributed by atoms with E-state index in [4.69, 9.17) is 16.9 Å². The number of rotatable bonds is 0. The molecule has 7 heteroatoms. The van der Waals surface area contributed by atoms with Crippen LogP contribution in [0.2, 0.25) is 5.02 Å². The van der Waals surface area contributed by atoms with Crippen LogP contribution in [0, 0.1) is 17.1 Å². The van der Waals surface area contributed by atoms with Crippen LogP contribution in [0.25, 0.3) is 5.69 Å². The summed E-state index contributed by atoms with van der Waals surface area (Å²) in [7, 11) is 1.57. The number of carbonyl (C=O) groups is 1. The summed E-state index contributed by atoms with van der Waals surface area (Å²) in [6.45, 7) is 0.203. The molecule has 0 atom stereocenters. The number of imidazole rings is 1. The molecule has 2 aromatic rings. The molecule has 2 heterocycles. The molecule has 5 nitrogen and oxygen atoms in total. The summed E-state index contributed by atoms with van der Waals surface area (Å²) in [5.74, 6) is -1.05. The number of hydrogen-bond acceptors (Lipinski definition) is 3. The maximum atomic E-state index is 13.6. The Labute approximate surface area is 118 Å². The Balaban J connectivity index is 2.39. The fourth-order valence-corrected chi connectivity index (χ4v) is 2.50. The molecular formula is C13H8ClFN4O. The van der Waals surface area contributed by atoms with Crippen molar-refractivity contribution in [2.24, 2.45) is 0 Å². The maximum Gasteiger partial charge on any atom is 0.257 e. The summed E-state index contributed by atoms with van der Waals surface area (Å²) < 4.78 is 15.2.